The zero-order valence-electron chi connectivity index (χ0n) is 10.9. The molecule has 1 amide bonds. The van der Waals surface area contributed by atoms with Gasteiger partial charge in [-0.05, 0) is 29.2 Å². The van der Waals surface area contributed by atoms with Crippen LogP contribution in [0.25, 0.3) is 0 Å². The maximum absolute atomic E-state index is 12.0. The number of aromatic nitrogens is 1. The average molecular weight is 284 g/mol. The van der Waals surface area contributed by atoms with Gasteiger partial charge in [0.1, 0.15) is 0 Å². The number of hydrogen-bond donors (Lipinski definition) is 3. The Hall–Kier alpha value is -3.11. The number of nitrogens with zero attached hydrogens (tertiary/aromatic N) is 1. The van der Waals surface area contributed by atoms with Crippen molar-refractivity contribution in [3.63, 3.8) is 0 Å². The van der Waals surface area contributed by atoms with Gasteiger partial charge >= 0.3 is 5.82 Å². The minimum atomic E-state index is -0.597. The lowest BCUT2D eigenvalue weighted by Gasteiger charge is -2.02. The monoisotopic (exact) mass is 284 g/mol. The molecule has 0 aliphatic heterocycles. The van der Waals surface area contributed by atoms with Crippen LogP contribution in [0.1, 0.15) is 16.1 Å². The molecule has 0 aliphatic carbocycles. The first-order valence-electron chi connectivity index (χ1n) is 6.04. The zero-order valence-corrected chi connectivity index (χ0v) is 10.9. The quantitative estimate of drug-likeness (QED) is 0.450. The van der Waals surface area contributed by atoms with Gasteiger partial charge in [-0.15, -0.1) is 0 Å². The third-order valence-corrected chi connectivity index (χ3v) is 2.57. The SMILES string of the molecule is NCC#Cc1cccc(NC(=O)c2ccc([N+](=O)[O-])[nH]2)c1. The second kappa shape index (κ2) is 6.36. The number of carbonyl (C=O) groups excluding carboxylic acids is 1. The molecule has 0 unspecified atom stereocenters. The highest BCUT2D eigenvalue weighted by atomic mass is 16.6. The van der Waals surface area contributed by atoms with Crippen molar-refractivity contribution in [2.24, 2.45) is 5.73 Å². The number of nitrogens with one attached hydrogen (secondary N) is 2. The van der Waals surface area contributed by atoms with Crippen molar-refractivity contribution in [2.45, 2.75) is 0 Å². The minimum absolute atomic E-state index is 0.111. The van der Waals surface area contributed by atoms with Gasteiger partial charge in [0, 0.05) is 17.3 Å². The van der Waals surface area contributed by atoms with Crippen LogP contribution in [0, 0.1) is 22.0 Å². The van der Waals surface area contributed by atoms with E-state index in [4.69, 9.17) is 5.73 Å². The van der Waals surface area contributed by atoms with E-state index < -0.39 is 10.8 Å². The van der Waals surface area contributed by atoms with Crippen LogP contribution in [-0.4, -0.2) is 22.4 Å². The molecular formula is C14H12N4O3. The normalized spacial score (nSPS) is 9.57. The van der Waals surface area contributed by atoms with Gasteiger partial charge in [-0.25, -0.2) is 4.98 Å². The molecule has 106 valence electrons. The van der Waals surface area contributed by atoms with E-state index in [1.165, 1.54) is 12.1 Å². The van der Waals surface area contributed by atoms with Gasteiger partial charge in [-0.2, -0.15) is 0 Å². The van der Waals surface area contributed by atoms with E-state index in [9.17, 15) is 14.9 Å². The number of carbonyl (C=O) groups is 1. The number of aromatic amines is 1. The van der Waals surface area contributed by atoms with E-state index in [1.54, 1.807) is 24.3 Å². The van der Waals surface area contributed by atoms with Crippen LogP contribution in [-0.2, 0) is 0 Å². The molecule has 0 radical (unpaired) electrons. The predicted molar refractivity (Wildman–Crippen MR) is 77.8 cm³/mol. The summed E-state index contributed by atoms with van der Waals surface area (Å²) in [6, 6.07) is 9.51. The standard InChI is InChI=1S/C14H12N4O3/c15-8-2-4-10-3-1-5-11(9-10)16-14(19)12-6-7-13(17-12)18(20)21/h1,3,5-7,9,17H,8,15H2,(H,16,19). The van der Waals surface area contributed by atoms with E-state index >= 15 is 0 Å². The third kappa shape index (κ3) is 3.68. The highest BCUT2D eigenvalue weighted by Gasteiger charge is 2.15. The van der Waals surface area contributed by atoms with Gasteiger partial charge in [-0.3, -0.25) is 4.79 Å². The number of nitrogens with two attached hydrogens (primary N) is 1. The first-order valence-corrected chi connectivity index (χ1v) is 6.04. The van der Waals surface area contributed by atoms with E-state index in [0.29, 0.717) is 5.69 Å². The zero-order chi connectivity index (χ0) is 15.2. The molecule has 2 rings (SSSR count). The molecule has 1 aromatic heterocycles. The Morgan fingerprint density at radius 3 is 2.86 bits per heavy atom. The molecule has 0 saturated heterocycles. The van der Waals surface area contributed by atoms with Crippen molar-refractivity contribution < 1.29 is 9.72 Å². The second-order valence-corrected chi connectivity index (χ2v) is 4.06. The third-order valence-electron chi connectivity index (χ3n) is 2.57. The lowest BCUT2D eigenvalue weighted by atomic mass is 10.2. The first-order chi connectivity index (χ1) is 10.1. The number of H-pyrrole nitrogens is 1. The molecule has 0 atom stereocenters. The van der Waals surface area contributed by atoms with Crippen molar-refractivity contribution in [3.05, 3.63) is 57.8 Å². The summed E-state index contributed by atoms with van der Waals surface area (Å²) in [7, 11) is 0. The van der Waals surface area contributed by atoms with Crippen molar-refractivity contribution >= 4 is 17.4 Å². The van der Waals surface area contributed by atoms with E-state index in [0.717, 1.165) is 5.56 Å². The Labute approximate surface area is 120 Å². The molecule has 0 fully saturated rings. The molecule has 7 heteroatoms. The Balaban J connectivity index is 2.13. The summed E-state index contributed by atoms with van der Waals surface area (Å²) in [5, 5.41) is 13.2. The summed E-state index contributed by atoms with van der Waals surface area (Å²) < 4.78 is 0. The largest absolute Gasteiger partial charge is 0.358 e. The van der Waals surface area contributed by atoms with Crippen LogP contribution >= 0.6 is 0 Å². The van der Waals surface area contributed by atoms with E-state index in [2.05, 4.69) is 22.1 Å². The molecule has 2 aromatic rings. The molecule has 0 saturated carbocycles. The molecule has 1 aromatic carbocycles. The molecule has 0 aliphatic rings. The summed E-state index contributed by atoms with van der Waals surface area (Å²) in [4.78, 5) is 24.3. The number of rotatable bonds is 3. The van der Waals surface area contributed by atoms with Crippen LogP contribution in [0.15, 0.2) is 36.4 Å². The molecule has 21 heavy (non-hydrogen) atoms. The summed E-state index contributed by atoms with van der Waals surface area (Å²) in [5.41, 5.74) is 6.67. The summed E-state index contributed by atoms with van der Waals surface area (Å²) >= 11 is 0. The maximum Gasteiger partial charge on any atom is 0.321 e. The number of amides is 1. The average Bonchev–Trinajstić information content (AvgIpc) is 2.95. The predicted octanol–water partition coefficient (Wildman–Crippen LogP) is 1.49. The van der Waals surface area contributed by atoms with Gasteiger partial charge < -0.3 is 21.2 Å². The fourth-order valence-electron chi connectivity index (χ4n) is 1.65. The van der Waals surface area contributed by atoms with Gasteiger partial charge in [0.15, 0.2) is 5.69 Å². The maximum atomic E-state index is 12.0. The van der Waals surface area contributed by atoms with Crippen LogP contribution in [0.3, 0.4) is 0 Å². The van der Waals surface area contributed by atoms with Crippen LogP contribution < -0.4 is 11.1 Å². The van der Waals surface area contributed by atoms with Crippen LogP contribution in [0.2, 0.25) is 0 Å². The Morgan fingerprint density at radius 1 is 1.38 bits per heavy atom. The number of anilines is 1. The van der Waals surface area contributed by atoms with Gasteiger partial charge in [0.25, 0.3) is 5.91 Å². The van der Waals surface area contributed by atoms with Crippen LogP contribution in [0.5, 0.6) is 0 Å². The van der Waals surface area contributed by atoms with Gasteiger partial charge in [-0.1, -0.05) is 17.9 Å². The van der Waals surface area contributed by atoms with Crippen LogP contribution in [0.4, 0.5) is 11.5 Å². The van der Waals surface area contributed by atoms with Crippen molar-refractivity contribution in [1.82, 2.24) is 4.98 Å². The fraction of sp³-hybridized carbons (Fsp3) is 0.0714. The van der Waals surface area contributed by atoms with Gasteiger partial charge in [0.05, 0.1) is 6.54 Å². The summed E-state index contributed by atoms with van der Waals surface area (Å²) in [6.45, 7) is 0.253. The van der Waals surface area contributed by atoms with E-state index in [-0.39, 0.29) is 18.1 Å². The molecule has 1 heterocycles. The Morgan fingerprint density at radius 2 is 2.19 bits per heavy atom. The van der Waals surface area contributed by atoms with Gasteiger partial charge in [0.2, 0.25) is 0 Å². The minimum Gasteiger partial charge on any atom is -0.358 e. The number of benzene rings is 1. The fourth-order valence-corrected chi connectivity index (χ4v) is 1.65. The smallest absolute Gasteiger partial charge is 0.321 e. The number of nitro groups is 1. The first kappa shape index (κ1) is 14.3. The lowest BCUT2D eigenvalue weighted by molar-refractivity contribution is -0.389. The highest BCUT2D eigenvalue weighted by Crippen LogP contribution is 2.14. The van der Waals surface area contributed by atoms with E-state index in [1.807, 2.05) is 0 Å². The number of hydrogen-bond acceptors (Lipinski definition) is 4. The van der Waals surface area contributed by atoms with Crippen molar-refractivity contribution in [3.8, 4) is 11.8 Å². The molecule has 4 N–H and O–H groups in total. The molecule has 7 nitrogen and oxygen atoms in total. The van der Waals surface area contributed by atoms with Crippen molar-refractivity contribution in [2.75, 3.05) is 11.9 Å². The summed E-state index contributed by atoms with van der Waals surface area (Å²) in [6.07, 6.45) is 0. The Bertz CT molecular complexity index is 740. The Kier molecular flexibility index (Phi) is 4.33. The van der Waals surface area contributed by atoms with Crippen molar-refractivity contribution in [1.29, 1.82) is 0 Å². The molecule has 0 spiro atoms. The highest BCUT2D eigenvalue weighted by molar-refractivity contribution is 6.03. The topological polar surface area (TPSA) is 114 Å². The lowest BCUT2D eigenvalue weighted by Crippen LogP contribution is -2.12. The summed E-state index contributed by atoms with van der Waals surface area (Å²) in [5.74, 6) is 4.87. The molecule has 0 bridgehead atoms. The molecular weight excluding hydrogens is 272 g/mol. The second-order valence-electron chi connectivity index (χ2n) is 4.06.